The van der Waals surface area contributed by atoms with Gasteiger partial charge in [0.25, 0.3) is 0 Å². The minimum atomic E-state index is -0.396. The Hall–Kier alpha value is -3.61. The van der Waals surface area contributed by atoms with Crippen molar-refractivity contribution in [3.05, 3.63) is 67.1 Å². The van der Waals surface area contributed by atoms with Crippen molar-refractivity contribution in [2.45, 2.75) is 0 Å². The molecule has 0 amide bonds. The molecule has 0 spiro atoms. The van der Waals surface area contributed by atoms with Crippen LogP contribution in [0.1, 0.15) is 0 Å². The van der Waals surface area contributed by atoms with Crippen molar-refractivity contribution in [3.63, 3.8) is 0 Å². The summed E-state index contributed by atoms with van der Waals surface area (Å²) in [6.07, 6.45) is 7.98. The quantitative estimate of drug-likeness (QED) is 0.602. The first kappa shape index (κ1) is 15.9. The van der Waals surface area contributed by atoms with Crippen LogP contribution < -0.4 is 10.1 Å². The molecule has 0 aliphatic rings. The van der Waals surface area contributed by atoms with Crippen LogP contribution >= 0.6 is 0 Å². The minimum Gasteiger partial charge on any atom is -0.495 e. The molecule has 6 nitrogen and oxygen atoms in total. The van der Waals surface area contributed by atoms with Crippen LogP contribution in [-0.4, -0.2) is 27.0 Å². The highest BCUT2D eigenvalue weighted by molar-refractivity contribution is 5.99. The van der Waals surface area contributed by atoms with E-state index in [1.807, 2.05) is 18.2 Å². The molecular formula is C19H14FN5O. The normalized spacial score (nSPS) is 10.7. The molecule has 4 aromatic heterocycles. The monoisotopic (exact) mass is 347 g/mol. The Balaban J connectivity index is 1.81. The van der Waals surface area contributed by atoms with E-state index >= 15 is 0 Å². The summed E-state index contributed by atoms with van der Waals surface area (Å²) in [5.74, 6) is 1.30. The lowest BCUT2D eigenvalue weighted by Gasteiger charge is -2.11. The zero-order valence-electron chi connectivity index (χ0n) is 13.8. The Labute approximate surface area is 148 Å². The lowest BCUT2D eigenvalue weighted by atomic mass is 10.0. The van der Waals surface area contributed by atoms with Crippen molar-refractivity contribution < 1.29 is 9.13 Å². The summed E-state index contributed by atoms with van der Waals surface area (Å²) in [6.45, 7) is 0. The Bertz CT molecular complexity index is 1070. The zero-order chi connectivity index (χ0) is 17.9. The first-order chi connectivity index (χ1) is 12.7. The number of fused-ring (bicyclic) bond motifs is 1. The highest BCUT2D eigenvalue weighted by Gasteiger charge is 2.12. The van der Waals surface area contributed by atoms with Crippen LogP contribution in [-0.2, 0) is 0 Å². The molecule has 26 heavy (non-hydrogen) atoms. The molecule has 1 N–H and O–H groups in total. The SMILES string of the molecule is COc1cncc(-c2cnc(Nc3ccc(F)cn3)c3ncccc23)c1. The average molecular weight is 347 g/mol. The molecule has 0 aliphatic carbocycles. The van der Waals surface area contributed by atoms with Crippen LogP contribution in [0.2, 0.25) is 0 Å². The predicted octanol–water partition coefficient (Wildman–Crippen LogP) is 3.98. The van der Waals surface area contributed by atoms with E-state index in [0.717, 1.165) is 22.7 Å². The van der Waals surface area contributed by atoms with Crippen molar-refractivity contribution in [2.75, 3.05) is 12.4 Å². The van der Waals surface area contributed by atoms with E-state index in [4.69, 9.17) is 4.74 Å². The molecule has 4 aromatic rings. The van der Waals surface area contributed by atoms with Crippen molar-refractivity contribution in [1.29, 1.82) is 0 Å². The maximum atomic E-state index is 13.0. The third kappa shape index (κ3) is 3.02. The Morgan fingerprint density at radius 2 is 1.92 bits per heavy atom. The second-order valence-corrected chi connectivity index (χ2v) is 5.52. The number of ether oxygens (including phenoxy) is 1. The smallest absolute Gasteiger partial charge is 0.158 e. The second kappa shape index (κ2) is 6.72. The number of aromatic nitrogens is 4. The van der Waals surface area contributed by atoms with Crippen LogP contribution in [0.15, 0.2) is 61.3 Å². The maximum Gasteiger partial charge on any atom is 0.158 e. The number of rotatable bonds is 4. The van der Waals surface area contributed by atoms with Gasteiger partial charge in [0, 0.05) is 35.1 Å². The van der Waals surface area contributed by atoms with Crippen LogP contribution in [0.25, 0.3) is 22.0 Å². The summed E-state index contributed by atoms with van der Waals surface area (Å²) in [4.78, 5) is 17.1. The predicted molar refractivity (Wildman–Crippen MR) is 96.8 cm³/mol. The van der Waals surface area contributed by atoms with Gasteiger partial charge in [-0.25, -0.2) is 14.4 Å². The Morgan fingerprint density at radius 3 is 2.73 bits per heavy atom. The van der Waals surface area contributed by atoms with E-state index < -0.39 is 5.82 Å². The first-order valence-electron chi connectivity index (χ1n) is 7.86. The maximum absolute atomic E-state index is 13.0. The number of hydrogen-bond donors (Lipinski definition) is 1. The molecule has 0 radical (unpaired) electrons. The first-order valence-corrected chi connectivity index (χ1v) is 7.86. The van der Waals surface area contributed by atoms with Gasteiger partial charge < -0.3 is 10.1 Å². The van der Waals surface area contributed by atoms with Crippen LogP contribution in [0.5, 0.6) is 5.75 Å². The molecule has 4 heterocycles. The molecule has 0 aromatic carbocycles. The van der Waals surface area contributed by atoms with Gasteiger partial charge in [-0.3, -0.25) is 9.97 Å². The van der Waals surface area contributed by atoms with Crippen LogP contribution in [0.3, 0.4) is 0 Å². The summed E-state index contributed by atoms with van der Waals surface area (Å²) < 4.78 is 18.3. The van der Waals surface area contributed by atoms with Gasteiger partial charge in [0.05, 0.1) is 19.5 Å². The van der Waals surface area contributed by atoms with E-state index in [0.29, 0.717) is 22.9 Å². The molecule has 0 aliphatic heterocycles. The Morgan fingerprint density at radius 1 is 1.00 bits per heavy atom. The van der Waals surface area contributed by atoms with Gasteiger partial charge in [-0.15, -0.1) is 0 Å². The van der Waals surface area contributed by atoms with Crippen LogP contribution in [0.4, 0.5) is 16.0 Å². The number of nitrogens with one attached hydrogen (secondary N) is 1. The number of nitrogens with zero attached hydrogens (tertiary/aromatic N) is 4. The van der Waals surface area contributed by atoms with Gasteiger partial charge >= 0.3 is 0 Å². The van der Waals surface area contributed by atoms with E-state index in [1.54, 1.807) is 38.0 Å². The van der Waals surface area contributed by atoms with Gasteiger partial charge in [0.1, 0.15) is 22.9 Å². The lowest BCUT2D eigenvalue weighted by Crippen LogP contribution is -1.99. The van der Waals surface area contributed by atoms with Crippen molar-refractivity contribution >= 4 is 22.5 Å². The van der Waals surface area contributed by atoms with Crippen molar-refractivity contribution in [3.8, 4) is 16.9 Å². The van der Waals surface area contributed by atoms with Gasteiger partial charge in [0.15, 0.2) is 5.82 Å². The molecule has 4 rings (SSSR count). The fourth-order valence-electron chi connectivity index (χ4n) is 2.64. The molecule has 0 fully saturated rings. The van der Waals surface area contributed by atoms with Gasteiger partial charge in [-0.05, 0) is 24.3 Å². The molecule has 0 bridgehead atoms. The van der Waals surface area contributed by atoms with E-state index in [-0.39, 0.29) is 0 Å². The molecular weight excluding hydrogens is 333 g/mol. The largest absolute Gasteiger partial charge is 0.495 e. The van der Waals surface area contributed by atoms with E-state index in [2.05, 4.69) is 25.3 Å². The highest BCUT2D eigenvalue weighted by atomic mass is 19.1. The fraction of sp³-hybridized carbons (Fsp3) is 0.0526. The zero-order valence-corrected chi connectivity index (χ0v) is 13.8. The molecule has 0 saturated heterocycles. The van der Waals surface area contributed by atoms with Crippen molar-refractivity contribution in [2.24, 2.45) is 0 Å². The highest BCUT2D eigenvalue weighted by Crippen LogP contribution is 2.32. The number of pyridine rings is 4. The van der Waals surface area contributed by atoms with Crippen molar-refractivity contribution in [1.82, 2.24) is 19.9 Å². The molecule has 128 valence electrons. The Kier molecular flexibility index (Phi) is 4.10. The molecule has 0 saturated carbocycles. The lowest BCUT2D eigenvalue weighted by molar-refractivity contribution is 0.413. The summed E-state index contributed by atoms with van der Waals surface area (Å²) >= 11 is 0. The molecule has 0 unspecified atom stereocenters. The molecule has 0 atom stereocenters. The van der Waals surface area contributed by atoms with E-state index in [9.17, 15) is 4.39 Å². The number of hydrogen-bond acceptors (Lipinski definition) is 6. The number of halogens is 1. The second-order valence-electron chi connectivity index (χ2n) is 5.52. The van der Waals surface area contributed by atoms with Crippen LogP contribution in [0, 0.1) is 5.82 Å². The average Bonchev–Trinajstić information content (AvgIpc) is 2.70. The van der Waals surface area contributed by atoms with Gasteiger partial charge in [0.2, 0.25) is 0 Å². The standard InChI is InChI=1S/C19H14FN5O/c1-26-14-7-12(8-21-10-14)16-11-24-19(18-15(16)3-2-6-22-18)25-17-5-4-13(20)9-23-17/h2-11H,1H3,(H,23,24,25). The number of anilines is 2. The number of methoxy groups -OCH3 is 1. The van der Waals surface area contributed by atoms with Gasteiger partial charge in [-0.1, -0.05) is 6.07 Å². The van der Waals surface area contributed by atoms with E-state index in [1.165, 1.54) is 6.07 Å². The summed E-state index contributed by atoms with van der Waals surface area (Å²) in [6, 6.07) is 8.60. The minimum absolute atomic E-state index is 0.396. The summed E-state index contributed by atoms with van der Waals surface area (Å²) in [5, 5.41) is 3.99. The summed E-state index contributed by atoms with van der Waals surface area (Å²) in [5.41, 5.74) is 2.44. The third-order valence-corrected chi connectivity index (χ3v) is 3.88. The third-order valence-electron chi connectivity index (χ3n) is 3.88. The topological polar surface area (TPSA) is 72.8 Å². The fourth-order valence-corrected chi connectivity index (χ4v) is 2.64. The summed E-state index contributed by atoms with van der Waals surface area (Å²) in [7, 11) is 1.60. The molecule has 7 heteroatoms. The van der Waals surface area contributed by atoms with Gasteiger partial charge in [-0.2, -0.15) is 0 Å².